The van der Waals surface area contributed by atoms with E-state index in [0.717, 1.165) is 11.0 Å². The molecule has 0 aliphatic carbocycles. The van der Waals surface area contributed by atoms with Crippen LogP contribution in [0.2, 0.25) is 0 Å². The lowest BCUT2D eigenvalue weighted by atomic mass is 9.96. The van der Waals surface area contributed by atoms with Gasteiger partial charge in [-0.25, -0.2) is 10.3 Å². The minimum Gasteiger partial charge on any atom is -0.504 e. The Bertz CT molecular complexity index is 901. The van der Waals surface area contributed by atoms with Crippen molar-refractivity contribution in [1.29, 1.82) is 0 Å². The molecule has 0 spiro atoms. The van der Waals surface area contributed by atoms with Gasteiger partial charge < -0.3 is 14.6 Å². The summed E-state index contributed by atoms with van der Waals surface area (Å²) >= 11 is 1.59. The Morgan fingerprint density at radius 2 is 1.87 bits per heavy atom. The minimum atomic E-state index is -0.824. The molecule has 4 N–H and O–H groups in total. The predicted octanol–water partition coefficient (Wildman–Crippen LogP) is 4.11. The van der Waals surface area contributed by atoms with Crippen LogP contribution in [0.4, 0.5) is 10.5 Å². The number of methoxy groups -OCH3 is 1. The summed E-state index contributed by atoms with van der Waals surface area (Å²) in [5.41, 5.74) is 2.57. The van der Waals surface area contributed by atoms with Gasteiger partial charge in [-0.1, -0.05) is 19.1 Å². The van der Waals surface area contributed by atoms with Crippen LogP contribution in [-0.2, 0) is 9.53 Å². The fourth-order valence-electron chi connectivity index (χ4n) is 2.68. The number of ether oxygens (including phenoxy) is 2. The number of hydroxylamine groups is 1. The average molecular weight is 432 g/mol. The number of hydrogen-bond donors (Lipinski definition) is 4. The molecule has 2 aromatic carbocycles. The third-order valence-electron chi connectivity index (χ3n) is 4.24. The van der Waals surface area contributed by atoms with Gasteiger partial charge in [0.2, 0.25) is 0 Å². The number of benzene rings is 2. The fraction of sp³-hybridized carbons (Fsp3) is 0.238. The van der Waals surface area contributed by atoms with Crippen molar-refractivity contribution in [3.63, 3.8) is 0 Å². The van der Waals surface area contributed by atoms with Crippen LogP contribution in [0.15, 0.2) is 59.5 Å². The molecule has 0 bridgehead atoms. The van der Waals surface area contributed by atoms with E-state index >= 15 is 0 Å². The third-order valence-corrected chi connectivity index (χ3v) is 4.98. The van der Waals surface area contributed by atoms with Crippen molar-refractivity contribution >= 4 is 29.4 Å². The van der Waals surface area contributed by atoms with E-state index in [4.69, 9.17) is 14.7 Å². The zero-order valence-electron chi connectivity index (χ0n) is 16.8. The maximum absolute atomic E-state index is 12.5. The lowest BCUT2D eigenvalue weighted by Crippen LogP contribution is -2.22. The van der Waals surface area contributed by atoms with Gasteiger partial charge in [-0.05, 0) is 48.2 Å². The Labute approximate surface area is 178 Å². The summed E-state index contributed by atoms with van der Waals surface area (Å²) in [5.74, 6) is -1.00. The van der Waals surface area contributed by atoms with E-state index < -0.39 is 24.0 Å². The normalized spacial score (nSPS) is 12.8. The van der Waals surface area contributed by atoms with Crippen LogP contribution in [-0.4, -0.2) is 35.7 Å². The van der Waals surface area contributed by atoms with E-state index in [0.29, 0.717) is 11.3 Å². The van der Waals surface area contributed by atoms with Crippen LogP contribution in [0.1, 0.15) is 18.6 Å². The van der Waals surface area contributed by atoms with Gasteiger partial charge in [0, 0.05) is 22.6 Å². The summed E-state index contributed by atoms with van der Waals surface area (Å²) in [5, 5.41) is 21.4. The van der Waals surface area contributed by atoms with E-state index in [1.54, 1.807) is 43.0 Å². The SMILES string of the molecule is COc1ccc([C@@H](OC(=O)Nc2ccc(SC)cc2)[C@H](C)/C=C/C(=O)NO)cc1O. The Balaban J connectivity index is 2.23. The monoisotopic (exact) mass is 432 g/mol. The standard InChI is InChI=1S/C21H24N2O6S/c1-13(4-11-19(25)23-27)20(14-5-10-18(28-2)17(24)12-14)29-21(26)22-15-6-8-16(30-3)9-7-15/h4-13,20,24,27H,1-3H3,(H,22,26)(H,23,25)/b11-4+/t13-,20+/m1/s1. The fourth-order valence-corrected chi connectivity index (χ4v) is 3.09. The van der Waals surface area contributed by atoms with Gasteiger partial charge in [-0.15, -0.1) is 11.8 Å². The van der Waals surface area contributed by atoms with Crippen molar-refractivity contribution in [2.24, 2.45) is 5.92 Å². The van der Waals surface area contributed by atoms with E-state index in [2.05, 4.69) is 5.32 Å². The molecule has 2 atom stereocenters. The predicted molar refractivity (Wildman–Crippen MR) is 114 cm³/mol. The summed E-state index contributed by atoms with van der Waals surface area (Å²) in [6.45, 7) is 1.73. The highest BCUT2D eigenvalue weighted by molar-refractivity contribution is 7.98. The van der Waals surface area contributed by atoms with E-state index in [1.807, 2.05) is 18.4 Å². The molecule has 2 amide bonds. The van der Waals surface area contributed by atoms with E-state index in [1.165, 1.54) is 24.7 Å². The molecule has 2 aromatic rings. The first kappa shape index (κ1) is 23.1. The first-order valence-corrected chi connectivity index (χ1v) is 10.2. The Hall–Kier alpha value is -3.17. The number of rotatable bonds is 8. The highest BCUT2D eigenvalue weighted by Crippen LogP contribution is 2.34. The summed E-state index contributed by atoms with van der Waals surface area (Å²) in [4.78, 5) is 24.8. The van der Waals surface area contributed by atoms with E-state index in [-0.39, 0.29) is 11.5 Å². The highest BCUT2D eigenvalue weighted by atomic mass is 32.2. The lowest BCUT2D eigenvalue weighted by molar-refractivity contribution is -0.124. The van der Waals surface area contributed by atoms with Crippen molar-refractivity contribution in [2.75, 3.05) is 18.7 Å². The van der Waals surface area contributed by atoms with Gasteiger partial charge in [0.1, 0.15) is 6.10 Å². The molecule has 0 unspecified atom stereocenters. The molecular weight excluding hydrogens is 408 g/mol. The zero-order valence-corrected chi connectivity index (χ0v) is 17.6. The number of carbonyl (C=O) groups excluding carboxylic acids is 2. The molecule has 0 fully saturated rings. The molecule has 0 heterocycles. The van der Waals surface area contributed by atoms with Crippen molar-refractivity contribution in [3.05, 3.63) is 60.2 Å². The lowest BCUT2D eigenvalue weighted by Gasteiger charge is -2.23. The number of amides is 2. The Morgan fingerprint density at radius 1 is 1.17 bits per heavy atom. The van der Waals surface area contributed by atoms with Gasteiger partial charge in [-0.3, -0.25) is 15.3 Å². The number of carbonyl (C=O) groups is 2. The summed E-state index contributed by atoms with van der Waals surface area (Å²) in [6.07, 6.45) is 3.05. The number of nitrogens with one attached hydrogen (secondary N) is 2. The van der Waals surface area contributed by atoms with Gasteiger partial charge >= 0.3 is 6.09 Å². The number of hydrogen-bond acceptors (Lipinski definition) is 7. The van der Waals surface area contributed by atoms with Crippen LogP contribution >= 0.6 is 11.8 Å². The number of phenolic OH excluding ortho intramolecular Hbond substituents is 1. The number of aromatic hydroxyl groups is 1. The van der Waals surface area contributed by atoms with Crippen molar-refractivity contribution < 1.29 is 29.4 Å². The molecule has 9 heteroatoms. The molecule has 0 aromatic heterocycles. The quantitative estimate of drug-likeness (QED) is 0.215. The molecule has 0 saturated carbocycles. The van der Waals surface area contributed by atoms with Crippen LogP contribution in [0.3, 0.4) is 0 Å². The van der Waals surface area contributed by atoms with Crippen LogP contribution in [0.25, 0.3) is 0 Å². The molecule has 8 nitrogen and oxygen atoms in total. The zero-order chi connectivity index (χ0) is 22.1. The molecule has 160 valence electrons. The second kappa shape index (κ2) is 11.1. The molecule has 30 heavy (non-hydrogen) atoms. The smallest absolute Gasteiger partial charge is 0.412 e. The van der Waals surface area contributed by atoms with E-state index in [9.17, 15) is 14.7 Å². The van der Waals surface area contributed by atoms with Crippen LogP contribution in [0, 0.1) is 5.92 Å². The molecule has 0 saturated heterocycles. The number of anilines is 1. The second-order valence-corrected chi connectivity index (χ2v) is 7.18. The van der Waals surface area contributed by atoms with Crippen molar-refractivity contribution in [2.45, 2.75) is 17.9 Å². The molecular formula is C21H24N2O6S. The molecule has 2 rings (SSSR count). The Kier molecular flexibility index (Phi) is 8.57. The average Bonchev–Trinajstić information content (AvgIpc) is 2.76. The van der Waals surface area contributed by atoms with Gasteiger partial charge in [-0.2, -0.15) is 0 Å². The number of phenols is 1. The number of thioether (sulfide) groups is 1. The topological polar surface area (TPSA) is 117 Å². The summed E-state index contributed by atoms with van der Waals surface area (Å²) in [7, 11) is 1.43. The first-order valence-electron chi connectivity index (χ1n) is 8.98. The summed E-state index contributed by atoms with van der Waals surface area (Å²) in [6, 6.07) is 11.9. The molecule has 0 aliphatic rings. The van der Waals surface area contributed by atoms with Gasteiger partial charge in [0.05, 0.1) is 7.11 Å². The molecule has 0 radical (unpaired) electrons. The molecule has 0 aliphatic heterocycles. The van der Waals surface area contributed by atoms with Gasteiger partial charge in [0.15, 0.2) is 11.5 Å². The third kappa shape index (κ3) is 6.43. The van der Waals surface area contributed by atoms with Crippen LogP contribution < -0.4 is 15.5 Å². The van der Waals surface area contributed by atoms with Crippen molar-refractivity contribution in [3.8, 4) is 11.5 Å². The van der Waals surface area contributed by atoms with Gasteiger partial charge in [0.25, 0.3) is 5.91 Å². The Morgan fingerprint density at radius 3 is 2.43 bits per heavy atom. The largest absolute Gasteiger partial charge is 0.504 e. The second-order valence-electron chi connectivity index (χ2n) is 6.30. The maximum atomic E-state index is 12.5. The highest BCUT2D eigenvalue weighted by Gasteiger charge is 2.24. The maximum Gasteiger partial charge on any atom is 0.412 e. The van der Waals surface area contributed by atoms with Crippen LogP contribution in [0.5, 0.6) is 11.5 Å². The first-order chi connectivity index (χ1) is 14.4. The minimum absolute atomic E-state index is 0.110. The summed E-state index contributed by atoms with van der Waals surface area (Å²) < 4.78 is 10.6. The van der Waals surface area contributed by atoms with Crippen molar-refractivity contribution in [1.82, 2.24) is 5.48 Å².